The Hall–Kier alpha value is -2.24. The average molecular weight is 400 g/mol. The summed E-state index contributed by atoms with van der Waals surface area (Å²) in [6.07, 6.45) is 2.81. The molecule has 1 aliphatic heterocycles. The number of amides is 1. The molecule has 0 unspecified atom stereocenters. The number of nitrogens with zero attached hydrogens (tertiary/aromatic N) is 1. The van der Waals surface area contributed by atoms with Crippen molar-refractivity contribution in [3.63, 3.8) is 0 Å². The molecule has 2 aromatic rings. The largest absolute Gasteiger partial charge is 0.375 e. The number of hydrogen-bond donors (Lipinski definition) is 1. The fraction of sp³-hybridized carbons (Fsp3) is 0.200. The van der Waals surface area contributed by atoms with Crippen molar-refractivity contribution in [3.05, 3.63) is 70.2 Å². The molecule has 1 atom stereocenters. The van der Waals surface area contributed by atoms with Crippen molar-refractivity contribution in [2.24, 2.45) is 0 Å². The van der Waals surface area contributed by atoms with E-state index in [1.807, 2.05) is 43.3 Å². The number of likely N-dealkylation sites (N-methyl/N-ethyl adjacent to an activating group) is 1. The van der Waals surface area contributed by atoms with E-state index in [9.17, 15) is 14.7 Å². The number of benzene rings is 2. The van der Waals surface area contributed by atoms with Gasteiger partial charge in [-0.15, -0.1) is 0 Å². The smallest absolute Gasteiger partial charge is 0.264 e. The van der Waals surface area contributed by atoms with E-state index >= 15 is 0 Å². The van der Waals surface area contributed by atoms with Crippen molar-refractivity contribution in [2.45, 2.75) is 18.9 Å². The average Bonchev–Trinajstić information content (AvgIpc) is 2.81. The van der Waals surface area contributed by atoms with Crippen molar-refractivity contribution in [3.8, 4) is 0 Å². The van der Waals surface area contributed by atoms with Crippen LogP contribution in [0.15, 0.2) is 59.1 Å². The fourth-order valence-corrected chi connectivity index (χ4v) is 3.43. The van der Waals surface area contributed by atoms with Gasteiger partial charge < -0.3 is 10.0 Å². The number of carbonyl (C=O) groups excluding carboxylic acids is 2. The fourth-order valence-electron chi connectivity index (χ4n) is 3.07. The third-order valence-corrected chi connectivity index (χ3v) is 4.79. The number of carbonyl (C=O) groups is 2. The molecular formula is C20H18BrNO3. The van der Waals surface area contributed by atoms with Crippen LogP contribution in [0.3, 0.4) is 0 Å². The first-order valence-electron chi connectivity index (χ1n) is 8.06. The van der Waals surface area contributed by atoms with Gasteiger partial charge in [0.2, 0.25) is 0 Å². The zero-order chi connectivity index (χ0) is 18.0. The Morgan fingerprint density at radius 3 is 2.64 bits per heavy atom. The molecular weight excluding hydrogens is 382 g/mol. The molecule has 0 bridgehead atoms. The monoisotopic (exact) mass is 399 g/mol. The van der Waals surface area contributed by atoms with Crippen LogP contribution in [0.4, 0.5) is 5.69 Å². The van der Waals surface area contributed by atoms with Crippen molar-refractivity contribution < 1.29 is 14.7 Å². The van der Waals surface area contributed by atoms with Crippen LogP contribution >= 0.6 is 15.9 Å². The molecule has 3 rings (SSSR count). The Morgan fingerprint density at radius 1 is 1.24 bits per heavy atom. The first kappa shape index (κ1) is 17.6. The van der Waals surface area contributed by atoms with E-state index in [0.29, 0.717) is 17.8 Å². The first-order valence-corrected chi connectivity index (χ1v) is 8.85. The zero-order valence-electron chi connectivity index (χ0n) is 13.8. The normalized spacial score (nSPS) is 19.5. The standard InChI is InChI=1S/C20H18BrNO3/c1-2-22-18-11-9-15(21)12-17(18)20(25,19(22)24)13-16(23)10-8-14-6-4-3-5-7-14/h3-12,25H,2,13H2,1H3/b10-8+/t20-/m0/s1. The number of rotatable bonds is 5. The zero-order valence-corrected chi connectivity index (χ0v) is 15.4. The lowest BCUT2D eigenvalue weighted by molar-refractivity contribution is -0.140. The lowest BCUT2D eigenvalue weighted by Crippen LogP contribution is -2.41. The maximum absolute atomic E-state index is 12.7. The maximum Gasteiger partial charge on any atom is 0.264 e. The molecule has 5 heteroatoms. The number of halogens is 1. The highest BCUT2D eigenvalue weighted by Crippen LogP contribution is 2.43. The van der Waals surface area contributed by atoms with Crippen LogP contribution in [0.25, 0.3) is 6.08 Å². The number of anilines is 1. The summed E-state index contributed by atoms with van der Waals surface area (Å²) in [5.41, 5.74) is 0.180. The van der Waals surface area contributed by atoms with Crippen molar-refractivity contribution in [1.29, 1.82) is 0 Å². The van der Waals surface area contributed by atoms with Crippen LogP contribution in [-0.2, 0) is 15.2 Å². The van der Waals surface area contributed by atoms with Crippen molar-refractivity contribution in [1.82, 2.24) is 0 Å². The highest BCUT2D eigenvalue weighted by Gasteiger charge is 2.50. The first-order chi connectivity index (χ1) is 12.0. The second-order valence-electron chi connectivity index (χ2n) is 5.96. The van der Waals surface area contributed by atoms with E-state index in [4.69, 9.17) is 0 Å². The van der Waals surface area contributed by atoms with E-state index in [2.05, 4.69) is 15.9 Å². The number of allylic oxidation sites excluding steroid dienone is 1. The summed E-state index contributed by atoms with van der Waals surface area (Å²) in [6, 6.07) is 14.7. The van der Waals surface area contributed by atoms with Gasteiger partial charge in [-0.05, 0) is 36.8 Å². The number of ketones is 1. The highest BCUT2D eigenvalue weighted by atomic mass is 79.9. The summed E-state index contributed by atoms with van der Waals surface area (Å²) in [4.78, 5) is 26.6. The Morgan fingerprint density at radius 2 is 1.96 bits per heavy atom. The molecule has 1 amide bonds. The summed E-state index contributed by atoms with van der Waals surface area (Å²) < 4.78 is 0.753. The van der Waals surface area contributed by atoms with Gasteiger partial charge in [-0.25, -0.2) is 0 Å². The van der Waals surface area contributed by atoms with Crippen molar-refractivity contribution >= 4 is 39.4 Å². The minimum atomic E-state index is -1.83. The molecule has 0 saturated heterocycles. The molecule has 1 aliphatic rings. The molecule has 25 heavy (non-hydrogen) atoms. The Balaban J connectivity index is 1.88. The topological polar surface area (TPSA) is 57.6 Å². The van der Waals surface area contributed by atoms with Crippen LogP contribution in [-0.4, -0.2) is 23.3 Å². The minimum absolute atomic E-state index is 0.283. The van der Waals surface area contributed by atoms with Gasteiger partial charge in [0.25, 0.3) is 5.91 Å². The minimum Gasteiger partial charge on any atom is -0.375 e. The summed E-state index contributed by atoms with van der Waals surface area (Å²) in [7, 11) is 0. The molecule has 0 spiro atoms. The molecule has 0 aromatic heterocycles. The van der Waals surface area contributed by atoms with E-state index in [1.54, 1.807) is 18.2 Å². The predicted molar refractivity (Wildman–Crippen MR) is 101 cm³/mol. The summed E-state index contributed by atoms with van der Waals surface area (Å²) in [5, 5.41) is 11.0. The van der Waals surface area contributed by atoms with Crippen LogP contribution in [0, 0.1) is 0 Å². The third kappa shape index (κ3) is 3.30. The van der Waals surface area contributed by atoms with E-state index < -0.39 is 11.5 Å². The van der Waals surface area contributed by atoms with Crippen LogP contribution in [0.1, 0.15) is 24.5 Å². The second-order valence-corrected chi connectivity index (χ2v) is 6.87. The molecule has 2 aromatic carbocycles. The SMILES string of the molecule is CCN1C(=O)[C@](O)(CC(=O)/C=C/c2ccccc2)c2cc(Br)ccc21. The second kappa shape index (κ2) is 6.94. The van der Waals surface area contributed by atoms with Crippen molar-refractivity contribution in [2.75, 3.05) is 11.4 Å². The van der Waals surface area contributed by atoms with Crippen LogP contribution in [0.2, 0.25) is 0 Å². The number of fused-ring (bicyclic) bond motifs is 1. The van der Waals surface area contributed by atoms with E-state index in [-0.39, 0.29) is 12.2 Å². The molecule has 0 saturated carbocycles. The van der Waals surface area contributed by atoms with Gasteiger partial charge in [-0.1, -0.05) is 52.3 Å². The Labute approximate surface area is 154 Å². The third-order valence-electron chi connectivity index (χ3n) is 4.30. The lowest BCUT2D eigenvalue weighted by atomic mass is 9.89. The van der Waals surface area contributed by atoms with Crippen LogP contribution in [0.5, 0.6) is 0 Å². The van der Waals surface area contributed by atoms with E-state index in [1.165, 1.54) is 11.0 Å². The molecule has 128 valence electrons. The number of hydrogen-bond acceptors (Lipinski definition) is 3. The molecule has 0 radical (unpaired) electrons. The van der Waals surface area contributed by atoms with Gasteiger partial charge in [0.05, 0.1) is 12.1 Å². The molecule has 0 aliphatic carbocycles. The molecule has 0 fully saturated rings. The summed E-state index contributed by atoms with van der Waals surface area (Å²) in [5.74, 6) is -0.756. The van der Waals surface area contributed by atoms with Crippen LogP contribution < -0.4 is 4.90 Å². The Kier molecular flexibility index (Phi) is 4.88. The molecule has 1 heterocycles. The highest BCUT2D eigenvalue weighted by molar-refractivity contribution is 9.10. The van der Waals surface area contributed by atoms with Gasteiger partial charge in [0.1, 0.15) is 0 Å². The Bertz CT molecular complexity index is 847. The van der Waals surface area contributed by atoms with Gasteiger partial charge in [-0.2, -0.15) is 0 Å². The van der Waals surface area contributed by atoms with Gasteiger partial charge >= 0.3 is 0 Å². The maximum atomic E-state index is 12.7. The number of aliphatic hydroxyl groups is 1. The molecule has 1 N–H and O–H groups in total. The molecule has 4 nitrogen and oxygen atoms in total. The predicted octanol–water partition coefficient (Wildman–Crippen LogP) is 3.68. The summed E-state index contributed by atoms with van der Waals surface area (Å²) >= 11 is 3.37. The summed E-state index contributed by atoms with van der Waals surface area (Å²) in [6.45, 7) is 2.27. The van der Waals surface area contributed by atoms with Gasteiger partial charge in [0, 0.05) is 16.6 Å². The van der Waals surface area contributed by atoms with E-state index in [0.717, 1.165) is 10.0 Å². The quantitative estimate of drug-likeness (QED) is 0.780. The van der Waals surface area contributed by atoms with Gasteiger partial charge in [-0.3, -0.25) is 9.59 Å². The lowest BCUT2D eigenvalue weighted by Gasteiger charge is -2.21. The van der Waals surface area contributed by atoms with Gasteiger partial charge in [0.15, 0.2) is 11.4 Å².